The summed E-state index contributed by atoms with van der Waals surface area (Å²) in [4.78, 5) is 10.0. The molecule has 0 heterocycles. The average molecular weight is 392 g/mol. The molecule has 3 heteroatoms. The standard InChI is InChI=1S/C17H30O.C8H15NO/c1-2-3-4-5-14-6-8-15(9-7-14)16-10-12-17(18)13-11-16;1-3-4-5-9-6-8(2)7-10/h8,14,16-18H,2-7,9-13H2,1H3;7,9H,2-6H2,1H3. The van der Waals surface area contributed by atoms with Gasteiger partial charge in [0, 0.05) is 6.54 Å². The average Bonchev–Trinajstić information content (AvgIpc) is 2.73. The van der Waals surface area contributed by atoms with Crippen molar-refractivity contribution in [1.29, 1.82) is 0 Å². The quantitative estimate of drug-likeness (QED) is 0.197. The van der Waals surface area contributed by atoms with Crippen molar-refractivity contribution in [1.82, 2.24) is 5.32 Å². The molecule has 1 fully saturated rings. The lowest BCUT2D eigenvalue weighted by Crippen LogP contribution is -2.21. The maximum Gasteiger partial charge on any atom is 0.146 e. The second kappa shape index (κ2) is 15.9. The fourth-order valence-electron chi connectivity index (χ4n) is 4.26. The maximum absolute atomic E-state index is 10.0. The van der Waals surface area contributed by atoms with Gasteiger partial charge in [-0.25, -0.2) is 0 Å². The summed E-state index contributed by atoms with van der Waals surface area (Å²) in [7, 11) is 0. The molecular formula is C25H45NO2. The van der Waals surface area contributed by atoms with Crippen LogP contribution in [0.15, 0.2) is 23.8 Å². The molecule has 1 saturated carbocycles. The Morgan fingerprint density at radius 3 is 2.43 bits per heavy atom. The van der Waals surface area contributed by atoms with E-state index in [2.05, 4.69) is 31.8 Å². The zero-order valence-electron chi connectivity index (χ0n) is 18.6. The molecule has 0 aromatic heterocycles. The van der Waals surface area contributed by atoms with Gasteiger partial charge in [0.05, 0.1) is 6.10 Å². The molecule has 0 radical (unpaired) electrons. The Balaban J connectivity index is 0.000000336. The van der Waals surface area contributed by atoms with E-state index in [9.17, 15) is 9.90 Å². The molecule has 0 amide bonds. The van der Waals surface area contributed by atoms with Crippen molar-refractivity contribution in [3.8, 4) is 0 Å². The van der Waals surface area contributed by atoms with Gasteiger partial charge >= 0.3 is 0 Å². The van der Waals surface area contributed by atoms with Crippen LogP contribution in [0.5, 0.6) is 0 Å². The molecule has 162 valence electrons. The number of allylic oxidation sites excluding steroid dienone is 2. The van der Waals surface area contributed by atoms with E-state index in [-0.39, 0.29) is 6.10 Å². The summed E-state index contributed by atoms with van der Waals surface area (Å²) in [5.74, 6) is 1.78. The molecule has 0 saturated heterocycles. The highest BCUT2D eigenvalue weighted by Crippen LogP contribution is 2.37. The van der Waals surface area contributed by atoms with Crippen LogP contribution in [0, 0.1) is 11.8 Å². The van der Waals surface area contributed by atoms with Crippen LogP contribution < -0.4 is 5.32 Å². The third kappa shape index (κ3) is 11.2. The molecule has 1 atom stereocenters. The van der Waals surface area contributed by atoms with Gasteiger partial charge in [-0.3, -0.25) is 4.79 Å². The third-order valence-corrected chi connectivity index (χ3v) is 6.22. The van der Waals surface area contributed by atoms with E-state index in [1.54, 1.807) is 5.57 Å². The summed E-state index contributed by atoms with van der Waals surface area (Å²) >= 11 is 0. The van der Waals surface area contributed by atoms with Gasteiger partial charge in [-0.1, -0.05) is 64.2 Å². The van der Waals surface area contributed by atoms with Crippen LogP contribution in [0.3, 0.4) is 0 Å². The number of hydrogen-bond acceptors (Lipinski definition) is 3. The predicted octanol–water partition coefficient (Wildman–Crippen LogP) is 5.98. The second-order valence-electron chi connectivity index (χ2n) is 8.73. The molecule has 2 aliphatic carbocycles. The van der Waals surface area contributed by atoms with Crippen LogP contribution in [0.1, 0.15) is 97.3 Å². The van der Waals surface area contributed by atoms with Crippen molar-refractivity contribution >= 4 is 6.29 Å². The van der Waals surface area contributed by atoms with Crippen molar-refractivity contribution in [2.45, 2.75) is 103 Å². The Hall–Kier alpha value is -0.930. The van der Waals surface area contributed by atoms with Crippen molar-refractivity contribution in [2.75, 3.05) is 13.1 Å². The number of aldehydes is 1. The number of nitrogens with one attached hydrogen (secondary N) is 1. The lowest BCUT2D eigenvalue weighted by Gasteiger charge is -2.31. The molecule has 2 aliphatic rings. The summed E-state index contributed by atoms with van der Waals surface area (Å²) in [5, 5.41) is 12.7. The lowest BCUT2D eigenvalue weighted by atomic mass is 9.76. The first-order valence-electron chi connectivity index (χ1n) is 11.8. The molecule has 0 aromatic rings. The largest absolute Gasteiger partial charge is 0.393 e. The van der Waals surface area contributed by atoms with Gasteiger partial charge in [-0.05, 0) is 75.3 Å². The summed E-state index contributed by atoms with van der Waals surface area (Å²) in [5.41, 5.74) is 2.35. The van der Waals surface area contributed by atoms with E-state index in [1.807, 2.05) is 0 Å². The van der Waals surface area contributed by atoms with Crippen molar-refractivity contribution in [3.05, 3.63) is 23.8 Å². The SMILES string of the molecule is C=C(C=O)CNCCCC.CCCCCC1CC=C(C2CCC(O)CC2)CC1. The second-order valence-corrected chi connectivity index (χ2v) is 8.73. The highest BCUT2D eigenvalue weighted by molar-refractivity contribution is 5.72. The first kappa shape index (κ1) is 25.1. The summed E-state index contributed by atoms with van der Waals surface area (Å²) in [6.07, 6.45) is 19.9. The van der Waals surface area contributed by atoms with Gasteiger partial charge in [-0.2, -0.15) is 0 Å². The Labute approximate surface area is 174 Å². The summed E-state index contributed by atoms with van der Waals surface area (Å²) < 4.78 is 0. The predicted molar refractivity (Wildman–Crippen MR) is 121 cm³/mol. The van der Waals surface area contributed by atoms with Crippen LogP contribution in [0.4, 0.5) is 0 Å². The topological polar surface area (TPSA) is 49.3 Å². The van der Waals surface area contributed by atoms with Gasteiger partial charge in [0.2, 0.25) is 0 Å². The molecule has 28 heavy (non-hydrogen) atoms. The number of aliphatic hydroxyl groups excluding tert-OH is 1. The molecule has 0 bridgehead atoms. The molecule has 3 nitrogen and oxygen atoms in total. The monoisotopic (exact) mass is 391 g/mol. The van der Waals surface area contributed by atoms with Crippen LogP contribution in [-0.4, -0.2) is 30.6 Å². The first-order chi connectivity index (χ1) is 13.6. The van der Waals surface area contributed by atoms with E-state index in [1.165, 1.54) is 64.2 Å². The minimum absolute atomic E-state index is 0.00719. The first-order valence-corrected chi connectivity index (χ1v) is 11.8. The Morgan fingerprint density at radius 2 is 1.86 bits per heavy atom. The van der Waals surface area contributed by atoms with Gasteiger partial charge in [0.1, 0.15) is 6.29 Å². The van der Waals surface area contributed by atoms with E-state index in [0.29, 0.717) is 12.1 Å². The summed E-state index contributed by atoms with van der Waals surface area (Å²) in [6, 6.07) is 0. The Bertz CT molecular complexity index is 449. The van der Waals surface area contributed by atoms with E-state index >= 15 is 0 Å². The van der Waals surface area contributed by atoms with Crippen LogP contribution in [0.2, 0.25) is 0 Å². The normalized spacial score (nSPS) is 24.7. The minimum atomic E-state index is -0.00719. The van der Waals surface area contributed by atoms with E-state index < -0.39 is 0 Å². The zero-order valence-corrected chi connectivity index (χ0v) is 18.6. The van der Waals surface area contributed by atoms with Crippen molar-refractivity contribution in [2.24, 2.45) is 11.8 Å². The number of carbonyl (C=O) groups excluding carboxylic acids is 1. The number of unbranched alkanes of at least 4 members (excludes halogenated alkanes) is 3. The number of carbonyl (C=O) groups is 1. The summed E-state index contributed by atoms with van der Waals surface area (Å²) in [6.45, 7) is 9.57. The van der Waals surface area contributed by atoms with Gasteiger partial charge < -0.3 is 10.4 Å². The molecule has 0 aromatic carbocycles. The van der Waals surface area contributed by atoms with E-state index in [0.717, 1.165) is 43.9 Å². The molecule has 1 unspecified atom stereocenters. The highest BCUT2D eigenvalue weighted by atomic mass is 16.3. The molecule has 2 N–H and O–H groups in total. The molecular weight excluding hydrogens is 346 g/mol. The van der Waals surface area contributed by atoms with Crippen LogP contribution in [0.25, 0.3) is 0 Å². The fourth-order valence-corrected chi connectivity index (χ4v) is 4.26. The minimum Gasteiger partial charge on any atom is -0.393 e. The number of rotatable bonds is 11. The smallest absolute Gasteiger partial charge is 0.146 e. The third-order valence-electron chi connectivity index (χ3n) is 6.22. The lowest BCUT2D eigenvalue weighted by molar-refractivity contribution is -0.104. The van der Waals surface area contributed by atoms with Crippen LogP contribution >= 0.6 is 0 Å². The Morgan fingerprint density at radius 1 is 1.14 bits per heavy atom. The number of aliphatic hydroxyl groups is 1. The van der Waals surface area contributed by atoms with Crippen molar-refractivity contribution in [3.63, 3.8) is 0 Å². The van der Waals surface area contributed by atoms with Gasteiger partial charge in [0.25, 0.3) is 0 Å². The van der Waals surface area contributed by atoms with Gasteiger partial charge in [-0.15, -0.1) is 0 Å². The zero-order chi connectivity index (χ0) is 20.6. The highest BCUT2D eigenvalue weighted by Gasteiger charge is 2.24. The van der Waals surface area contributed by atoms with Gasteiger partial charge in [0.15, 0.2) is 0 Å². The number of hydrogen-bond donors (Lipinski definition) is 2. The van der Waals surface area contributed by atoms with Crippen LogP contribution in [-0.2, 0) is 4.79 Å². The molecule has 0 spiro atoms. The maximum atomic E-state index is 10.0. The van der Waals surface area contributed by atoms with E-state index in [4.69, 9.17) is 0 Å². The van der Waals surface area contributed by atoms with Crippen molar-refractivity contribution < 1.29 is 9.90 Å². The fraction of sp³-hybridized carbons (Fsp3) is 0.800. The molecule has 0 aliphatic heterocycles. The Kier molecular flexibility index (Phi) is 14.3. The molecule has 2 rings (SSSR count).